The summed E-state index contributed by atoms with van der Waals surface area (Å²) in [7, 11) is 0. The molecule has 1 aromatic heterocycles. The predicted octanol–water partition coefficient (Wildman–Crippen LogP) is 3.01. The smallest absolute Gasteiger partial charge is 0.255 e. The van der Waals surface area contributed by atoms with Gasteiger partial charge in [0.25, 0.3) is 5.91 Å². The second-order valence-corrected chi connectivity index (χ2v) is 4.69. The molecule has 1 rings (SSSR count). The lowest BCUT2D eigenvalue weighted by atomic mass is 10.2. The number of carbonyl (C=O) groups is 1. The normalized spacial score (nSPS) is 11.0. The van der Waals surface area contributed by atoms with E-state index in [9.17, 15) is 4.79 Å². The van der Waals surface area contributed by atoms with Crippen molar-refractivity contribution in [2.75, 3.05) is 0 Å². The Bertz CT molecular complexity index is 282. The van der Waals surface area contributed by atoms with Crippen LogP contribution in [-0.2, 0) is 0 Å². The fourth-order valence-corrected chi connectivity index (χ4v) is 2.23. The zero-order valence-electron chi connectivity index (χ0n) is 9.15. The maximum atomic E-state index is 12.0. The molecule has 0 saturated carbocycles. The van der Waals surface area contributed by atoms with Gasteiger partial charge in [-0.3, -0.25) is 4.79 Å². The predicted molar refractivity (Wildman–Crippen MR) is 60.8 cm³/mol. The van der Waals surface area contributed by atoms with Crippen LogP contribution >= 0.6 is 11.3 Å². The van der Waals surface area contributed by atoms with E-state index >= 15 is 0 Å². The third-order valence-corrected chi connectivity index (χ3v) is 2.80. The molecule has 0 aliphatic rings. The number of hydrogen-bond acceptors (Lipinski definition) is 2. The highest BCUT2D eigenvalue weighted by Gasteiger charge is 2.21. The Morgan fingerprint density at radius 2 is 1.86 bits per heavy atom. The molecule has 0 aliphatic carbocycles. The fraction of sp³-hybridized carbons (Fsp3) is 0.545. The highest BCUT2D eigenvalue weighted by molar-refractivity contribution is 7.08. The van der Waals surface area contributed by atoms with E-state index in [1.807, 2.05) is 49.4 Å². The Morgan fingerprint density at radius 1 is 1.29 bits per heavy atom. The van der Waals surface area contributed by atoms with Crippen molar-refractivity contribution in [3.8, 4) is 0 Å². The zero-order valence-corrected chi connectivity index (χ0v) is 9.97. The van der Waals surface area contributed by atoms with Crippen LogP contribution in [0, 0.1) is 0 Å². The molecule has 78 valence electrons. The minimum atomic E-state index is 0.135. The first-order valence-electron chi connectivity index (χ1n) is 4.89. The molecule has 0 aromatic carbocycles. The molecule has 0 N–H and O–H groups in total. The summed E-state index contributed by atoms with van der Waals surface area (Å²) in [5.41, 5.74) is 0.803. The Morgan fingerprint density at radius 3 is 2.21 bits per heavy atom. The first kappa shape index (κ1) is 11.2. The van der Waals surface area contributed by atoms with Gasteiger partial charge in [-0.05, 0) is 39.1 Å². The highest BCUT2D eigenvalue weighted by Crippen LogP contribution is 2.14. The summed E-state index contributed by atoms with van der Waals surface area (Å²) in [6.07, 6.45) is 0. The molecule has 1 amide bonds. The maximum Gasteiger partial charge on any atom is 0.255 e. The Kier molecular flexibility index (Phi) is 3.69. The number of carbonyl (C=O) groups excluding carboxylic acids is 1. The zero-order chi connectivity index (χ0) is 10.7. The van der Waals surface area contributed by atoms with Crippen LogP contribution in [0.25, 0.3) is 0 Å². The largest absolute Gasteiger partial charge is 0.334 e. The lowest BCUT2D eigenvalue weighted by Gasteiger charge is -2.30. The van der Waals surface area contributed by atoms with E-state index < -0.39 is 0 Å². The average molecular weight is 211 g/mol. The number of thiophene rings is 1. The lowest BCUT2D eigenvalue weighted by Crippen LogP contribution is -2.41. The molecule has 3 heteroatoms. The summed E-state index contributed by atoms with van der Waals surface area (Å²) in [4.78, 5) is 13.9. The van der Waals surface area contributed by atoms with Crippen LogP contribution in [0.4, 0.5) is 0 Å². The van der Waals surface area contributed by atoms with Crippen LogP contribution < -0.4 is 0 Å². The summed E-state index contributed by atoms with van der Waals surface area (Å²) in [6.45, 7) is 8.18. The molecular weight excluding hydrogens is 194 g/mol. The van der Waals surface area contributed by atoms with E-state index in [0.29, 0.717) is 0 Å². The average Bonchev–Trinajstić information content (AvgIpc) is 2.53. The van der Waals surface area contributed by atoms with Crippen molar-refractivity contribution < 1.29 is 4.79 Å². The standard InChI is InChI=1S/C11H17NOS/c1-8(2)12(9(3)4)11(13)10-5-6-14-7-10/h5-9H,1-4H3. The first-order valence-corrected chi connectivity index (χ1v) is 5.83. The van der Waals surface area contributed by atoms with E-state index in [1.165, 1.54) is 0 Å². The Balaban J connectivity index is 2.85. The first-order chi connectivity index (χ1) is 6.54. The molecule has 1 aromatic rings. The molecule has 0 fully saturated rings. The Hall–Kier alpha value is -0.830. The van der Waals surface area contributed by atoms with Crippen molar-refractivity contribution >= 4 is 17.2 Å². The maximum absolute atomic E-state index is 12.0. The van der Waals surface area contributed by atoms with Gasteiger partial charge in [-0.2, -0.15) is 11.3 Å². The van der Waals surface area contributed by atoms with Gasteiger partial charge in [0.15, 0.2) is 0 Å². The van der Waals surface area contributed by atoms with Crippen LogP contribution in [0.15, 0.2) is 16.8 Å². The van der Waals surface area contributed by atoms with Crippen molar-refractivity contribution in [3.63, 3.8) is 0 Å². The van der Waals surface area contributed by atoms with Crippen molar-refractivity contribution in [2.24, 2.45) is 0 Å². The van der Waals surface area contributed by atoms with Gasteiger partial charge in [-0.15, -0.1) is 0 Å². The fourth-order valence-electron chi connectivity index (χ4n) is 1.60. The summed E-state index contributed by atoms with van der Waals surface area (Å²) in [6, 6.07) is 2.38. The van der Waals surface area contributed by atoms with Crippen molar-refractivity contribution in [1.82, 2.24) is 4.90 Å². The van der Waals surface area contributed by atoms with Crippen LogP contribution in [0.2, 0.25) is 0 Å². The van der Waals surface area contributed by atoms with Crippen LogP contribution in [0.1, 0.15) is 38.1 Å². The molecule has 1 heterocycles. The van der Waals surface area contributed by atoms with Crippen LogP contribution in [0.5, 0.6) is 0 Å². The molecule has 0 unspecified atom stereocenters. The number of hydrogen-bond donors (Lipinski definition) is 0. The number of amides is 1. The molecule has 2 nitrogen and oxygen atoms in total. The molecule has 14 heavy (non-hydrogen) atoms. The minimum absolute atomic E-state index is 0.135. The van der Waals surface area contributed by atoms with Crippen LogP contribution in [0.3, 0.4) is 0 Å². The van der Waals surface area contributed by atoms with Gasteiger partial charge in [0, 0.05) is 17.5 Å². The van der Waals surface area contributed by atoms with Gasteiger partial charge < -0.3 is 4.90 Å². The van der Waals surface area contributed by atoms with Gasteiger partial charge >= 0.3 is 0 Å². The van der Waals surface area contributed by atoms with Crippen LogP contribution in [-0.4, -0.2) is 22.9 Å². The second-order valence-electron chi connectivity index (χ2n) is 3.91. The highest BCUT2D eigenvalue weighted by atomic mass is 32.1. The van der Waals surface area contributed by atoms with Crippen molar-refractivity contribution in [1.29, 1.82) is 0 Å². The van der Waals surface area contributed by atoms with Gasteiger partial charge in [0.2, 0.25) is 0 Å². The van der Waals surface area contributed by atoms with Crippen molar-refractivity contribution in [2.45, 2.75) is 39.8 Å². The molecule has 0 spiro atoms. The van der Waals surface area contributed by atoms with E-state index in [1.54, 1.807) is 11.3 Å². The third-order valence-electron chi connectivity index (χ3n) is 2.12. The summed E-state index contributed by atoms with van der Waals surface area (Å²) >= 11 is 1.56. The quantitative estimate of drug-likeness (QED) is 0.752. The monoisotopic (exact) mass is 211 g/mol. The topological polar surface area (TPSA) is 20.3 Å². The molecule has 0 atom stereocenters. The van der Waals surface area contributed by atoms with Gasteiger partial charge in [-0.25, -0.2) is 0 Å². The SMILES string of the molecule is CC(C)N(C(=O)c1ccsc1)C(C)C. The number of nitrogens with zero attached hydrogens (tertiary/aromatic N) is 1. The minimum Gasteiger partial charge on any atom is -0.334 e. The molecule has 0 aliphatic heterocycles. The summed E-state index contributed by atoms with van der Waals surface area (Å²) in [5, 5.41) is 3.84. The van der Waals surface area contributed by atoms with E-state index in [-0.39, 0.29) is 18.0 Å². The van der Waals surface area contributed by atoms with E-state index in [2.05, 4.69) is 0 Å². The molecular formula is C11H17NOS. The van der Waals surface area contributed by atoms with E-state index in [0.717, 1.165) is 5.56 Å². The van der Waals surface area contributed by atoms with Crippen molar-refractivity contribution in [3.05, 3.63) is 22.4 Å². The summed E-state index contributed by atoms with van der Waals surface area (Å²) in [5.74, 6) is 0.135. The van der Waals surface area contributed by atoms with Gasteiger partial charge in [-0.1, -0.05) is 0 Å². The van der Waals surface area contributed by atoms with Gasteiger partial charge in [0.05, 0.1) is 5.56 Å². The molecule has 0 bridgehead atoms. The Labute approximate surface area is 89.5 Å². The second kappa shape index (κ2) is 4.60. The van der Waals surface area contributed by atoms with E-state index in [4.69, 9.17) is 0 Å². The number of rotatable bonds is 3. The summed E-state index contributed by atoms with van der Waals surface area (Å²) < 4.78 is 0. The molecule has 0 radical (unpaired) electrons. The molecule has 0 saturated heterocycles. The lowest BCUT2D eigenvalue weighted by molar-refractivity contribution is 0.0644. The van der Waals surface area contributed by atoms with Gasteiger partial charge in [0.1, 0.15) is 0 Å². The third kappa shape index (κ3) is 2.35.